The number of fused-ring (bicyclic) bond motifs is 1. The van der Waals surface area contributed by atoms with Gasteiger partial charge in [-0.3, -0.25) is 9.59 Å². The van der Waals surface area contributed by atoms with E-state index < -0.39 is 11.6 Å². The van der Waals surface area contributed by atoms with Crippen LogP contribution in [0.1, 0.15) is 43.9 Å². The minimum atomic E-state index is -0.690. The number of rotatable bonds is 9. The van der Waals surface area contributed by atoms with Crippen LogP contribution in [0.3, 0.4) is 0 Å². The Morgan fingerprint density at radius 3 is 2.38 bits per heavy atom. The monoisotopic (exact) mass is 520 g/mol. The van der Waals surface area contributed by atoms with Crippen LogP contribution in [-0.4, -0.2) is 35.1 Å². The number of carbonyl (C=O) groups is 2. The molecule has 0 radical (unpaired) electrons. The van der Waals surface area contributed by atoms with Crippen molar-refractivity contribution in [3.8, 4) is 11.5 Å². The van der Waals surface area contributed by atoms with E-state index in [1.54, 1.807) is 11.0 Å². The highest BCUT2D eigenvalue weighted by Gasteiger charge is 2.32. The van der Waals surface area contributed by atoms with Gasteiger partial charge >= 0.3 is 0 Å². The lowest BCUT2D eigenvalue weighted by Gasteiger charge is -2.34. The molecule has 0 saturated heterocycles. The molecule has 0 bridgehead atoms. The second-order valence-corrected chi connectivity index (χ2v) is 10.7. The number of halogens is 1. The van der Waals surface area contributed by atoms with Gasteiger partial charge in [-0.15, -0.1) is 0 Å². The van der Waals surface area contributed by atoms with E-state index in [9.17, 15) is 9.59 Å². The summed E-state index contributed by atoms with van der Waals surface area (Å²) in [7, 11) is 0. The van der Waals surface area contributed by atoms with Crippen molar-refractivity contribution in [2.24, 2.45) is 0 Å². The lowest BCUT2D eigenvalue weighted by atomic mass is 9.99. The normalized spacial score (nSPS) is 13.2. The third kappa shape index (κ3) is 7.49. The fourth-order valence-corrected chi connectivity index (χ4v) is 4.54. The maximum Gasteiger partial charge on any atom is 0.243 e. The largest absolute Gasteiger partial charge is 0.454 e. The summed E-state index contributed by atoms with van der Waals surface area (Å²) in [5, 5.41) is 3.67. The van der Waals surface area contributed by atoms with Crippen molar-refractivity contribution in [3.63, 3.8) is 0 Å². The zero-order valence-electron chi connectivity index (χ0n) is 21.5. The van der Waals surface area contributed by atoms with E-state index in [1.165, 1.54) is 0 Å². The van der Waals surface area contributed by atoms with Crippen LogP contribution >= 0.6 is 11.6 Å². The minimum absolute atomic E-state index is 0.109. The molecule has 7 heteroatoms. The summed E-state index contributed by atoms with van der Waals surface area (Å²) in [6, 6.07) is 22.2. The molecule has 194 valence electrons. The van der Waals surface area contributed by atoms with Gasteiger partial charge in [-0.2, -0.15) is 0 Å². The average Bonchev–Trinajstić information content (AvgIpc) is 3.32. The molecular weight excluding hydrogens is 488 g/mol. The number of hydrogen-bond acceptors (Lipinski definition) is 4. The number of nitrogens with zero attached hydrogens (tertiary/aromatic N) is 1. The molecule has 1 heterocycles. The van der Waals surface area contributed by atoms with Gasteiger partial charge in [0.15, 0.2) is 11.5 Å². The number of nitrogens with one attached hydrogen (secondary N) is 1. The molecule has 0 aliphatic carbocycles. The minimum Gasteiger partial charge on any atom is -0.454 e. The van der Waals surface area contributed by atoms with E-state index in [1.807, 2.05) is 87.5 Å². The van der Waals surface area contributed by atoms with Gasteiger partial charge < -0.3 is 19.7 Å². The molecule has 4 rings (SSSR count). The van der Waals surface area contributed by atoms with Crippen molar-refractivity contribution in [2.45, 2.75) is 58.2 Å². The first-order chi connectivity index (χ1) is 17.7. The molecule has 1 atom stereocenters. The fraction of sp³-hybridized carbons (Fsp3) is 0.333. The first-order valence-corrected chi connectivity index (χ1v) is 12.8. The van der Waals surface area contributed by atoms with Gasteiger partial charge in [0.05, 0.1) is 0 Å². The van der Waals surface area contributed by atoms with Crippen molar-refractivity contribution >= 4 is 23.4 Å². The van der Waals surface area contributed by atoms with Crippen molar-refractivity contribution in [2.75, 3.05) is 6.79 Å². The summed E-state index contributed by atoms with van der Waals surface area (Å²) in [6.07, 6.45) is 1.16. The number of ether oxygens (including phenoxy) is 2. The Balaban J connectivity index is 1.61. The van der Waals surface area contributed by atoms with Gasteiger partial charge in [0.25, 0.3) is 0 Å². The van der Waals surface area contributed by atoms with E-state index in [2.05, 4.69) is 5.32 Å². The zero-order valence-corrected chi connectivity index (χ0v) is 22.3. The molecule has 0 aromatic heterocycles. The highest BCUT2D eigenvalue weighted by Crippen LogP contribution is 2.33. The van der Waals surface area contributed by atoms with Crippen molar-refractivity contribution < 1.29 is 19.1 Å². The van der Waals surface area contributed by atoms with Crippen LogP contribution < -0.4 is 14.8 Å². The van der Waals surface area contributed by atoms with Crippen LogP contribution in [0.4, 0.5) is 0 Å². The molecule has 1 N–H and O–H groups in total. The summed E-state index contributed by atoms with van der Waals surface area (Å²) in [5.41, 5.74) is 2.38. The molecule has 6 nitrogen and oxygen atoms in total. The van der Waals surface area contributed by atoms with Crippen LogP contribution in [-0.2, 0) is 29.0 Å². The van der Waals surface area contributed by atoms with Crippen molar-refractivity contribution in [1.29, 1.82) is 0 Å². The molecule has 0 fully saturated rings. The standard InChI is InChI=1S/C30H33ClN2O4/c1-30(2,3)32-29(35)25(17-21-8-5-4-6-9-21)33(19-23-10-7-11-24(31)16-23)28(34)15-13-22-12-14-26-27(18-22)37-20-36-26/h4-12,14,16,18,25H,13,15,17,19-20H2,1-3H3,(H,32,35)/t25-/m0/s1. The molecule has 0 unspecified atom stereocenters. The Labute approximate surface area is 223 Å². The lowest BCUT2D eigenvalue weighted by Crippen LogP contribution is -2.54. The average molecular weight is 521 g/mol. The second-order valence-electron chi connectivity index (χ2n) is 10.3. The molecule has 37 heavy (non-hydrogen) atoms. The quantitative estimate of drug-likeness (QED) is 0.401. The molecule has 3 aromatic carbocycles. The van der Waals surface area contributed by atoms with Gasteiger partial charge in [0.2, 0.25) is 18.6 Å². The maximum absolute atomic E-state index is 13.8. The third-order valence-corrected chi connectivity index (χ3v) is 6.31. The second kappa shape index (κ2) is 11.7. The van der Waals surface area contributed by atoms with E-state index in [-0.39, 0.29) is 31.6 Å². The molecule has 1 aliphatic rings. The van der Waals surface area contributed by atoms with Crippen LogP contribution in [0.25, 0.3) is 0 Å². The number of aryl methyl sites for hydroxylation is 1. The maximum atomic E-state index is 13.8. The van der Waals surface area contributed by atoms with Crippen LogP contribution in [0, 0.1) is 0 Å². The molecule has 3 aromatic rings. The summed E-state index contributed by atoms with van der Waals surface area (Å²) in [6.45, 7) is 6.29. The number of carbonyl (C=O) groups excluding carboxylic acids is 2. The summed E-state index contributed by atoms with van der Waals surface area (Å²) < 4.78 is 10.9. The van der Waals surface area contributed by atoms with Crippen LogP contribution in [0.5, 0.6) is 11.5 Å². The molecule has 0 spiro atoms. The first kappa shape index (κ1) is 26.6. The topological polar surface area (TPSA) is 67.9 Å². The van der Waals surface area contributed by atoms with E-state index in [0.29, 0.717) is 29.4 Å². The van der Waals surface area contributed by atoms with Crippen LogP contribution in [0.15, 0.2) is 72.8 Å². The van der Waals surface area contributed by atoms with Gasteiger partial charge in [0, 0.05) is 29.9 Å². The Morgan fingerprint density at radius 1 is 0.919 bits per heavy atom. The molecule has 0 saturated carbocycles. The fourth-order valence-electron chi connectivity index (χ4n) is 4.33. The molecule has 1 aliphatic heterocycles. The number of amides is 2. The smallest absolute Gasteiger partial charge is 0.243 e. The number of benzene rings is 3. The highest BCUT2D eigenvalue weighted by molar-refractivity contribution is 6.30. The van der Waals surface area contributed by atoms with Gasteiger partial charge in [-0.05, 0) is 68.1 Å². The van der Waals surface area contributed by atoms with Gasteiger partial charge in [0.1, 0.15) is 6.04 Å². The zero-order chi connectivity index (χ0) is 26.4. The number of hydrogen-bond donors (Lipinski definition) is 1. The Hall–Kier alpha value is -3.51. The van der Waals surface area contributed by atoms with E-state index in [4.69, 9.17) is 21.1 Å². The Kier molecular flexibility index (Phi) is 8.39. The Bertz CT molecular complexity index is 1240. The van der Waals surface area contributed by atoms with E-state index >= 15 is 0 Å². The third-order valence-electron chi connectivity index (χ3n) is 6.08. The lowest BCUT2D eigenvalue weighted by molar-refractivity contribution is -0.141. The highest BCUT2D eigenvalue weighted by atomic mass is 35.5. The summed E-state index contributed by atoms with van der Waals surface area (Å²) in [5.74, 6) is 1.10. The predicted molar refractivity (Wildman–Crippen MR) is 145 cm³/mol. The summed E-state index contributed by atoms with van der Waals surface area (Å²) >= 11 is 6.25. The SMILES string of the molecule is CC(C)(C)NC(=O)[C@H](Cc1ccccc1)N(Cc1cccc(Cl)c1)C(=O)CCc1ccc2c(c1)OCO2. The van der Waals surface area contributed by atoms with Gasteiger partial charge in [-0.25, -0.2) is 0 Å². The van der Waals surface area contributed by atoms with Crippen molar-refractivity contribution in [3.05, 3.63) is 94.5 Å². The van der Waals surface area contributed by atoms with Crippen molar-refractivity contribution in [1.82, 2.24) is 10.2 Å². The molecular formula is C30H33ClN2O4. The predicted octanol–water partition coefficient (Wildman–Crippen LogP) is 5.56. The summed E-state index contributed by atoms with van der Waals surface area (Å²) in [4.78, 5) is 29.1. The van der Waals surface area contributed by atoms with E-state index in [0.717, 1.165) is 16.7 Å². The Morgan fingerprint density at radius 2 is 1.65 bits per heavy atom. The molecule has 2 amide bonds. The van der Waals surface area contributed by atoms with Crippen LogP contribution in [0.2, 0.25) is 5.02 Å². The first-order valence-electron chi connectivity index (χ1n) is 12.5. The van der Waals surface area contributed by atoms with Gasteiger partial charge in [-0.1, -0.05) is 60.1 Å².